The molecular formula is C18H12NO5S2-. The number of thioether (sulfide) groups is 1. The summed E-state index contributed by atoms with van der Waals surface area (Å²) in [5.74, 6) is -1.76. The van der Waals surface area contributed by atoms with Crippen molar-refractivity contribution in [2.24, 2.45) is 0 Å². The highest BCUT2D eigenvalue weighted by molar-refractivity contribution is 8.27. The Hall–Kier alpha value is -2.84. The van der Waals surface area contributed by atoms with Gasteiger partial charge in [-0.1, -0.05) is 47.9 Å². The Balaban J connectivity index is 1.96. The van der Waals surface area contributed by atoms with E-state index in [1.54, 1.807) is 12.1 Å². The maximum absolute atomic E-state index is 12.7. The second-order valence-electron chi connectivity index (χ2n) is 5.24. The number of nitrogens with zero attached hydrogens (tertiary/aromatic N) is 1. The molecule has 0 bridgehead atoms. The lowest BCUT2D eigenvalue weighted by molar-refractivity contribution is -0.268. The van der Waals surface area contributed by atoms with E-state index in [1.807, 2.05) is 18.2 Å². The molecule has 26 heavy (non-hydrogen) atoms. The molecule has 0 aliphatic carbocycles. The van der Waals surface area contributed by atoms with Gasteiger partial charge >= 0.3 is 5.97 Å². The Morgan fingerprint density at radius 3 is 2.69 bits per heavy atom. The molecule has 0 aromatic heterocycles. The van der Waals surface area contributed by atoms with Gasteiger partial charge in [0.2, 0.25) is 0 Å². The summed E-state index contributed by atoms with van der Waals surface area (Å²) in [7, 11) is 1.54. The lowest BCUT2D eigenvalue weighted by atomic mass is 10.1. The smallest absolute Gasteiger partial charge is 0.335 e. The lowest BCUT2D eigenvalue weighted by Crippen LogP contribution is -2.27. The third kappa shape index (κ3) is 3.29. The van der Waals surface area contributed by atoms with Crippen molar-refractivity contribution >= 4 is 51.9 Å². The van der Waals surface area contributed by atoms with E-state index in [0.717, 1.165) is 23.4 Å². The highest BCUT2D eigenvalue weighted by atomic mass is 32.2. The maximum Gasteiger partial charge on any atom is 0.335 e. The van der Waals surface area contributed by atoms with E-state index in [1.165, 1.54) is 24.1 Å². The molecule has 2 aromatic carbocycles. The molecule has 1 aliphatic rings. The van der Waals surface area contributed by atoms with Gasteiger partial charge in [0.05, 0.1) is 23.3 Å². The van der Waals surface area contributed by atoms with Crippen LogP contribution in [0, 0.1) is 0 Å². The number of anilines is 1. The van der Waals surface area contributed by atoms with E-state index in [2.05, 4.69) is 0 Å². The number of thiocarbonyl (C=S) groups is 1. The molecule has 1 heterocycles. The van der Waals surface area contributed by atoms with Crippen LogP contribution in [0.25, 0.3) is 6.08 Å². The van der Waals surface area contributed by atoms with Gasteiger partial charge in [0.25, 0.3) is 5.91 Å². The summed E-state index contributed by atoms with van der Waals surface area (Å²) in [6.07, 6.45) is 1.67. The van der Waals surface area contributed by atoms with Crippen molar-refractivity contribution < 1.29 is 24.5 Å². The molecule has 6 nitrogen and oxygen atoms in total. The molecule has 0 spiro atoms. The van der Waals surface area contributed by atoms with Crippen LogP contribution in [0.3, 0.4) is 0 Å². The summed E-state index contributed by atoms with van der Waals surface area (Å²) in [5, 5.41) is 20.9. The van der Waals surface area contributed by atoms with Crippen LogP contribution in [0.15, 0.2) is 47.4 Å². The summed E-state index contributed by atoms with van der Waals surface area (Å²) >= 11 is 6.36. The summed E-state index contributed by atoms with van der Waals surface area (Å²) < 4.78 is 5.53. The van der Waals surface area contributed by atoms with E-state index < -0.39 is 11.7 Å². The van der Waals surface area contributed by atoms with Crippen molar-refractivity contribution in [2.45, 2.75) is 0 Å². The minimum Gasteiger partial charge on any atom is -0.872 e. The van der Waals surface area contributed by atoms with Gasteiger partial charge in [-0.25, -0.2) is 4.79 Å². The molecule has 1 aliphatic heterocycles. The average molecular weight is 386 g/mol. The number of rotatable bonds is 4. The number of benzene rings is 2. The summed E-state index contributed by atoms with van der Waals surface area (Å²) in [6, 6.07) is 10.9. The van der Waals surface area contributed by atoms with Crippen LogP contribution in [0.5, 0.6) is 11.5 Å². The molecule has 0 saturated carbocycles. The van der Waals surface area contributed by atoms with Crippen molar-refractivity contribution in [2.75, 3.05) is 12.0 Å². The van der Waals surface area contributed by atoms with Crippen LogP contribution in [0.4, 0.5) is 5.69 Å². The molecule has 132 valence electrons. The zero-order valence-electron chi connectivity index (χ0n) is 13.5. The molecule has 1 fully saturated rings. The van der Waals surface area contributed by atoms with Crippen LogP contribution in [-0.4, -0.2) is 28.4 Å². The number of amides is 1. The van der Waals surface area contributed by atoms with Crippen LogP contribution < -0.4 is 14.7 Å². The number of carboxylic acids is 1. The Morgan fingerprint density at radius 1 is 1.31 bits per heavy atom. The standard InChI is InChI=1S/C18H13NO5S2/c1-24-14-5-3-2-4-10(14)8-15-16(21)19(18(25)26-15)11-6-7-12(17(22)23)13(20)9-11/h2-9,20H,1H3,(H,22,23)/p-1/b15-8-. The van der Waals surface area contributed by atoms with E-state index in [0.29, 0.717) is 10.7 Å². The van der Waals surface area contributed by atoms with Crippen molar-refractivity contribution in [3.05, 3.63) is 58.5 Å². The highest BCUT2D eigenvalue weighted by Crippen LogP contribution is 2.38. The number of carboxylic acid groups (broad SMARTS) is 1. The quantitative estimate of drug-likeness (QED) is 0.638. The maximum atomic E-state index is 12.7. The molecule has 8 heteroatoms. The predicted molar refractivity (Wildman–Crippen MR) is 101 cm³/mol. The minimum atomic E-state index is -1.32. The molecule has 0 unspecified atom stereocenters. The average Bonchev–Trinajstić information content (AvgIpc) is 2.88. The van der Waals surface area contributed by atoms with Gasteiger partial charge in [-0.2, -0.15) is 0 Å². The summed E-state index contributed by atoms with van der Waals surface area (Å²) in [6.45, 7) is 0. The Morgan fingerprint density at radius 2 is 2.04 bits per heavy atom. The second kappa shape index (κ2) is 7.19. The fraction of sp³-hybridized carbons (Fsp3) is 0.0556. The fourth-order valence-corrected chi connectivity index (χ4v) is 3.73. The van der Waals surface area contributed by atoms with Crippen LogP contribution >= 0.6 is 24.0 Å². The first-order chi connectivity index (χ1) is 12.4. The Bertz CT molecular complexity index is 954. The molecule has 1 N–H and O–H groups in total. The molecule has 0 radical (unpaired) electrons. The summed E-state index contributed by atoms with van der Waals surface area (Å²) in [5.41, 5.74) is 0.607. The minimum absolute atomic E-state index is 0.242. The second-order valence-corrected chi connectivity index (χ2v) is 6.92. The van der Waals surface area contributed by atoms with Crippen molar-refractivity contribution in [1.82, 2.24) is 0 Å². The number of hydrogen-bond donors (Lipinski definition) is 1. The first-order valence-electron chi connectivity index (χ1n) is 7.37. The topological polar surface area (TPSA) is 89.9 Å². The van der Waals surface area contributed by atoms with Gasteiger partial charge in [-0.3, -0.25) is 9.69 Å². The summed E-state index contributed by atoms with van der Waals surface area (Å²) in [4.78, 5) is 25.3. The van der Waals surface area contributed by atoms with Crippen LogP contribution in [0.1, 0.15) is 15.9 Å². The lowest BCUT2D eigenvalue weighted by Gasteiger charge is -2.18. The number of ether oxygens (including phenoxy) is 1. The first kappa shape index (κ1) is 18.0. The van der Waals surface area contributed by atoms with Crippen LogP contribution in [-0.2, 0) is 4.79 Å². The van der Waals surface area contributed by atoms with Crippen molar-refractivity contribution in [3.8, 4) is 11.5 Å². The number of aromatic carboxylic acids is 1. The zero-order chi connectivity index (χ0) is 18.8. The number of methoxy groups -OCH3 is 1. The zero-order valence-corrected chi connectivity index (χ0v) is 15.1. The third-order valence-electron chi connectivity index (χ3n) is 3.67. The van der Waals surface area contributed by atoms with Gasteiger partial charge in [0, 0.05) is 5.56 Å². The number of para-hydroxylation sites is 1. The number of carbonyl (C=O) groups is 2. The molecular weight excluding hydrogens is 374 g/mol. The molecule has 3 rings (SSSR count). The molecule has 0 atom stereocenters. The van der Waals surface area contributed by atoms with Crippen LogP contribution in [0.2, 0.25) is 0 Å². The van der Waals surface area contributed by atoms with Gasteiger partial charge in [-0.05, 0) is 30.3 Å². The largest absolute Gasteiger partial charge is 0.872 e. The third-order valence-corrected chi connectivity index (χ3v) is 4.98. The monoisotopic (exact) mass is 386 g/mol. The fourth-order valence-electron chi connectivity index (χ4n) is 2.44. The van der Waals surface area contributed by atoms with Gasteiger partial charge < -0.3 is 14.9 Å². The first-order valence-corrected chi connectivity index (χ1v) is 8.60. The van der Waals surface area contributed by atoms with Gasteiger partial charge in [0.15, 0.2) is 4.32 Å². The number of carbonyl (C=O) groups excluding carboxylic acids is 1. The Kier molecular flexibility index (Phi) is 4.97. The normalized spacial score (nSPS) is 15.6. The van der Waals surface area contributed by atoms with E-state index >= 15 is 0 Å². The SMILES string of the molecule is COc1ccccc1/C=C1\SC(=S)N(c2ccc(C(=O)O)c([O-])c2)C1=O. The van der Waals surface area contributed by atoms with Gasteiger partial charge in [-0.15, -0.1) is 0 Å². The van der Waals surface area contributed by atoms with Gasteiger partial charge in [0.1, 0.15) is 5.75 Å². The van der Waals surface area contributed by atoms with Crippen molar-refractivity contribution in [3.63, 3.8) is 0 Å². The highest BCUT2D eigenvalue weighted by Gasteiger charge is 2.33. The van der Waals surface area contributed by atoms with Crippen molar-refractivity contribution in [1.29, 1.82) is 0 Å². The number of hydrogen-bond acceptors (Lipinski definition) is 6. The Labute approximate surface area is 158 Å². The predicted octanol–water partition coefficient (Wildman–Crippen LogP) is 2.87. The van der Waals surface area contributed by atoms with E-state index in [9.17, 15) is 14.7 Å². The molecule has 2 aromatic rings. The van der Waals surface area contributed by atoms with E-state index in [4.69, 9.17) is 22.1 Å². The van der Waals surface area contributed by atoms with E-state index in [-0.39, 0.29) is 21.5 Å². The molecule has 1 amide bonds. The molecule has 1 saturated heterocycles.